The molecule has 1 amide bonds. The molecule has 7 nitrogen and oxygen atoms in total. The van der Waals surface area contributed by atoms with Gasteiger partial charge in [0.2, 0.25) is 5.91 Å². The summed E-state index contributed by atoms with van der Waals surface area (Å²) in [5, 5.41) is 14.8. The number of hydrogen-bond donors (Lipinski definition) is 2. The molecule has 7 heteroatoms. The van der Waals surface area contributed by atoms with E-state index in [1.54, 1.807) is 11.0 Å². The third kappa shape index (κ3) is 3.92. The molecule has 2 heterocycles. The summed E-state index contributed by atoms with van der Waals surface area (Å²) in [4.78, 5) is 16.3. The van der Waals surface area contributed by atoms with E-state index in [1.165, 1.54) is 30.4 Å². The molecule has 2 N–H and O–H groups in total. The van der Waals surface area contributed by atoms with Gasteiger partial charge >= 0.3 is 0 Å². The summed E-state index contributed by atoms with van der Waals surface area (Å²) in [6.45, 7) is 2.00. The van der Waals surface area contributed by atoms with Gasteiger partial charge in [0.25, 0.3) is 0 Å². The average Bonchev–Trinajstić information content (AvgIpc) is 3.37. The number of aromatic amines is 1. The number of nitrogens with zero attached hydrogens (tertiary/aromatic N) is 4. The van der Waals surface area contributed by atoms with Gasteiger partial charge in [-0.15, -0.1) is 0 Å². The molecule has 1 atom stereocenters. The van der Waals surface area contributed by atoms with Crippen molar-refractivity contribution in [2.45, 2.75) is 51.5 Å². The number of hydrogen-bond acceptors (Lipinski definition) is 4. The molecule has 2 aromatic heterocycles. The van der Waals surface area contributed by atoms with Crippen molar-refractivity contribution in [1.82, 2.24) is 30.3 Å². The normalized spacial score (nSPS) is 14.6. The Bertz CT molecular complexity index is 897. The molecule has 0 saturated carbocycles. The Kier molecular flexibility index (Phi) is 5.00. The van der Waals surface area contributed by atoms with Crippen LogP contribution in [-0.2, 0) is 24.1 Å². The standard InChI is InChI=1S/C20H24N6O/c1-14(15-6-8-16(9-7-15)26-13-21-12-22-26)23-20(27)11-10-19-17-4-2-3-5-18(17)24-25-19/h6-9,12-14H,2-5,10-11H2,1H3,(H,23,27)(H,24,25)/t14-/m0/s1. The van der Waals surface area contributed by atoms with E-state index in [1.807, 2.05) is 31.2 Å². The number of nitrogens with one attached hydrogen (secondary N) is 2. The largest absolute Gasteiger partial charge is 0.350 e. The summed E-state index contributed by atoms with van der Waals surface area (Å²) in [6, 6.07) is 7.92. The molecule has 0 saturated heterocycles. The smallest absolute Gasteiger partial charge is 0.220 e. The van der Waals surface area contributed by atoms with Gasteiger partial charge in [-0.1, -0.05) is 12.1 Å². The van der Waals surface area contributed by atoms with E-state index in [-0.39, 0.29) is 11.9 Å². The number of aryl methyl sites for hydroxylation is 2. The zero-order chi connectivity index (χ0) is 18.6. The van der Waals surface area contributed by atoms with Gasteiger partial charge in [-0.3, -0.25) is 9.89 Å². The molecule has 0 radical (unpaired) electrons. The zero-order valence-corrected chi connectivity index (χ0v) is 15.5. The fourth-order valence-electron chi connectivity index (χ4n) is 3.64. The van der Waals surface area contributed by atoms with Gasteiger partial charge < -0.3 is 5.32 Å². The minimum Gasteiger partial charge on any atom is -0.350 e. The maximum Gasteiger partial charge on any atom is 0.220 e. The molecule has 1 aromatic carbocycles. The van der Waals surface area contributed by atoms with Crippen molar-refractivity contribution in [2.75, 3.05) is 0 Å². The lowest BCUT2D eigenvalue weighted by Gasteiger charge is -2.15. The highest BCUT2D eigenvalue weighted by Gasteiger charge is 2.18. The van der Waals surface area contributed by atoms with E-state index in [2.05, 4.69) is 25.6 Å². The summed E-state index contributed by atoms with van der Waals surface area (Å²) < 4.78 is 1.71. The molecular weight excluding hydrogens is 340 g/mol. The second kappa shape index (κ2) is 7.73. The molecule has 140 valence electrons. The van der Waals surface area contributed by atoms with Gasteiger partial charge in [0.15, 0.2) is 0 Å². The Morgan fingerprint density at radius 3 is 2.85 bits per heavy atom. The summed E-state index contributed by atoms with van der Waals surface area (Å²) in [6.07, 6.45) is 8.92. The molecule has 3 aromatic rings. The van der Waals surface area contributed by atoms with Crippen LogP contribution in [0.4, 0.5) is 0 Å². The number of aromatic nitrogens is 5. The van der Waals surface area contributed by atoms with Crippen LogP contribution < -0.4 is 5.32 Å². The van der Waals surface area contributed by atoms with Crippen molar-refractivity contribution in [3.63, 3.8) is 0 Å². The second-order valence-electron chi connectivity index (χ2n) is 7.06. The van der Waals surface area contributed by atoms with Crippen molar-refractivity contribution < 1.29 is 4.79 Å². The Hall–Kier alpha value is -2.96. The first-order valence-electron chi connectivity index (χ1n) is 9.50. The van der Waals surface area contributed by atoms with E-state index >= 15 is 0 Å². The van der Waals surface area contributed by atoms with Gasteiger partial charge in [-0.05, 0) is 55.9 Å². The van der Waals surface area contributed by atoms with Crippen molar-refractivity contribution in [3.05, 3.63) is 59.4 Å². The quantitative estimate of drug-likeness (QED) is 0.704. The summed E-state index contributed by atoms with van der Waals surface area (Å²) >= 11 is 0. The first-order chi connectivity index (χ1) is 13.2. The van der Waals surface area contributed by atoms with E-state index < -0.39 is 0 Å². The molecule has 0 spiro atoms. The fourth-order valence-corrected chi connectivity index (χ4v) is 3.64. The highest BCUT2D eigenvalue weighted by molar-refractivity contribution is 5.76. The van der Waals surface area contributed by atoms with Crippen molar-refractivity contribution in [2.24, 2.45) is 0 Å². The number of rotatable bonds is 6. The highest BCUT2D eigenvalue weighted by atomic mass is 16.1. The third-order valence-corrected chi connectivity index (χ3v) is 5.18. The fraction of sp³-hybridized carbons (Fsp3) is 0.400. The lowest BCUT2D eigenvalue weighted by Crippen LogP contribution is -2.27. The van der Waals surface area contributed by atoms with Crippen LogP contribution in [0, 0.1) is 0 Å². The van der Waals surface area contributed by atoms with E-state index in [9.17, 15) is 4.79 Å². The van der Waals surface area contributed by atoms with Crippen molar-refractivity contribution in [3.8, 4) is 5.69 Å². The van der Waals surface area contributed by atoms with Gasteiger partial charge in [-0.25, -0.2) is 9.67 Å². The number of fused-ring (bicyclic) bond motifs is 1. The Labute approximate surface area is 158 Å². The Morgan fingerprint density at radius 1 is 1.26 bits per heavy atom. The molecular formula is C20H24N6O. The van der Waals surface area contributed by atoms with Crippen LogP contribution >= 0.6 is 0 Å². The number of carbonyl (C=O) groups is 1. The van der Waals surface area contributed by atoms with E-state index in [4.69, 9.17) is 0 Å². The molecule has 4 rings (SSSR count). The highest BCUT2D eigenvalue weighted by Crippen LogP contribution is 2.23. The van der Waals surface area contributed by atoms with Crippen LogP contribution in [0.1, 0.15) is 54.7 Å². The number of amides is 1. The summed E-state index contributed by atoms with van der Waals surface area (Å²) in [5.41, 5.74) is 5.66. The van der Waals surface area contributed by atoms with Crippen molar-refractivity contribution >= 4 is 5.91 Å². The van der Waals surface area contributed by atoms with Crippen LogP contribution in [0.25, 0.3) is 5.69 Å². The summed E-state index contributed by atoms with van der Waals surface area (Å²) in [7, 11) is 0. The van der Waals surface area contributed by atoms with Gasteiger partial charge in [0, 0.05) is 18.5 Å². The first kappa shape index (κ1) is 17.5. The number of carbonyl (C=O) groups excluding carboxylic acids is 1. The van der Waals surface area contributed by atoms with Gasteiger partial charge in [-0.2, -0.15) is 10.2 Å². The SMILES string of the molecule is C[C@H](NC(=O)CCc1n[nH]c2c1CCCC2)c1ccc(-n2cncn2)cc1. The van der Waals surface area contributed by atoms with E-state index in [0.717, 1.165) is 29.8 Å². The molecule has 1 aliphatic rings. The van der Waals surface area contributed by atoms with Gasteiger partial charge in [0.1, 0.15) is 12.7 Å². The Morgan fingerprint density at radius 2 is 2.07 bits per heavy atom. The van der Waals surface area contributed by atoms with Gasteiger partial charge in [0.05, 0.1) is 17.4 Å². The lowest BCUT2D eigenvalue weighted by atomic mass is 9.94. The van der Waals surface area contributed by atoms with Crippen LogP contribution in [0.15, 0.2) is 36.9 Å². The lowest BCUT2D eigenvalue weighted by molar-refractivity contribution is -0.121. The molecule has 27 heavy (non-hydrogen) atoms. The monoisotopic (exact) mass is 364 g/mol. The van der Waals surface area contributed by atoms with Crippen molar-refractivity contribution in [1.29, 1.82) is 0 Å². The number of benzene rings is 1. The minimum absolute atomic E-state index is 0.0459. The predicted octanol–water partition coefficient (Wildman–Crippen LogP) is 2.68. The van der Waals surface area contributed by atoms with Crippen LogP contribution in [0.5, 0.6) is 0 Å². The van der Waals surface area contributed by atoms with Crippen LogP contribution in [-0.4, -0.2) is 30.9 Å². The topological polar surface area (TPSA) is 88.5 Å². The first-order valence-corrected chi connectivity index (χ1v) is 9.50. The number of H-pyrrole nitrogens is 1. The molecule has 0 aliphatic heterocycles. The second-order valence-corrected chi connectivity index (χ2v) is 7.06. The van der Waals surface area contributed by atoms with E-state index in [0.29, 0.717) is 12.8 Å². The predicted molar refractivity (Wildman–Crippen MR) is 101 cm³/mol. The molecule has 0 bridgehead atoms. The zero-order valence-electron chi connectivity index (χ0n) is 15.5. The third-order valence-electron chi connectivity index (χ3n) is 5.18. The minimum atomic E-state index is -0.0459. The Balaban J connectivity index is 1.32. The molecule has 0 fully saturated rings. The van der Waals surface area contributed by atoms with Crippen LogP contribution in [0.2, 0.25) is 0 Å². The molecule has 1 aliphatic carbocycles. The average molecular weight is 364 g/mol. The van der Waals surface area contributed by atoms with Crippen LogP contribution in [0.3, 0.4) is 0 Å². The maximum absolute atomic E-state index is 12.4. The molecule has 0 unspecified atom stereocenters. The summed E-state index contributed by atoms with van der Waals surface area (Å²) in [5.74, 6) is 0.0513. The maximum atomic E-state index is 12.4.